The molecule has 18 heavy (non-hydrogen) atoms. The molecule has 0 amide bonds. The molecule has 3 nitrogen and oxygen atoms in total. The number of rotatable bonds is 4. The topological polar surface area (TPSA) is 28.2 Å². The lowest BCUT2D eigenvalue weighted by atomic mass is 9.97. The smallest absolute Gasteiger partial charge is 0.0300 e. The summed E-state index contributed by atoms with van der Waals surface area (Å²) in [5.41, 5.74) is 1.57. The van der Waals surface area contributed by atoms with Gasteiger partial charge in [-0.15, -0.1) is 0 Å². The van der Waals surface area contributed by atoms with E-state index in [9.17, 15) is 0 Å². The Hall–Kier alpha value is -0.930. The molecule has 1 fully saturated rings. The van der Waals surface area contributed by atoms with E-state index in [0.717, 1.165) is 26.1 Å². The van der Waals surface area contributed by atoms with Gasteiger partial charge in [-0.05, 0) is 38.3 Å². The Morgan fingerprint density at radius 2 is 2.33 bits per heavy atom. The van der Waals surface area contributed by atoms with Gasteiger partial charge in [0, 0.05) is 43.6 Å². The molecule has 3 heteroatoms. The first-order chi connectivity index (χ1) is 8.61. The van der Waals surface area contributed by atoms with Gasteiger partial charge in [-0.3, -0.25) is 9.88 Å². The Labute approximate surface area is 111 Å². The molecule has 2 rings (SSSR count). The molecular weight excluding hydrogens is 222 g/mol. The Bertz CT molecular complexity index is 361. The fraction of sp³-hybridized carbons (Fsp3) is 0.667. The van der Waals surface area contributed by atoms with Gasteiger partial charge in [0.2, 0.25) is 0 Å². The second-order valence-corrected chi connectivity index (χ2v) is 5.91. The van der Waals surface area contributed by atoms with Crippen LogP contribution >= 0.6 is 0 Å². The summed E-state index contributed by atoms with van der Waals surface area (Å²) in [6.45, 7) is 10.2. The highest BCUT2D eigenvalue weighted by Gasteiger charge is 2.30. The summed E-state index contributed by atoms with van der Waals surface area (Å²) in [5, 5.41) is 3.63. The number of hydrogen-bond acceptors (Lipinski definition) is 3. The van der Waals surface area contributed by atoms with Crippen LogP contribution in [0.25, 0.3) is 0 Å². The maximum atomic E-state index is 4.19. The number of pyridine rings is 1. The van der Waals surface area contributed by atoms with Crippen LogP contribution < -0.4 is 5.32 Å². The fourth-order valence-corrected chi connectivity index (χ4v) is 2.70. The molecule has 0 bridgehead atoms. The Morgan fingerprint density at radius 1 is 1.50 bits per heavy atom. The molecule has 1 aliphatic rings. The van der Waals surface area contributed by atoms with Gasteiger partial charge >= 0.3 is 0 Å². The predicted octanol–water partition coefficient (Wildman–Crippen LogP) is 2.09. The summed E-state index contributed by atoms with van der Waals surface area (Å²) in [5.74, 6) is 0. The van der Waals surface area contributed by atoms with Crippen molar-refractivity contribution < 1.29 is 0 Å². The lowest BCUT2D eigenvalue weighted by Gasteiger charge is -2.44. The number of piperazine rings is 1. The van der Waals surface area contributed by atoms with Gasteiger partial charge in [0.15, 0.2) is 0 Å². The van der Waals surface area contributed by atoms with Crippen molar-refractivity contribution in [3.63, 3.8) is 0 Å². The van der Waals surface area contributed by atoms with E-state index in [1.807, 2.05) is 18.5 Å². The second-order valence-electron chi connectivity index (χ2n) is 5.91. The molecule has 2 heterocycles. The molecule has 1 N–H and O–H groups in total. The Kier molecular flexibility index (Phi) is 4.36. The van der Waals surface area contributed by atoms with E-state index < -0.39 is 0 Å². The minimum absolute atomic E-state index is 0.237. The summed E-state index contributed by atoms with van der Waals surface area (Å²) in [6, 6.07) is 4.87. The lowest BCUT2D eigenvalue weighted by Crippen LogP contribution is -2.61. The van der Waals surface area contributed by atoms with Crippen molar-refractivity contribution in [1.82, 2.24) is 15.2 Å². The molecule has 0 aliphatic carbocycles. The van der Waals surface area contributed by atoms with E-state index in [0.29, 0.717) is 6.04 Å². The van der Waals surface area contributed by atoms with Gasteiger partial charge in [0.1, 0.15) is 0 Å². The lowest BCUT2D eigenvalue weighted by molar-refractivity contribution is 0.0939. The van der Waals surface area contributed by atoms with E-state index in [-0.39, 0.29) is 5.54 Å². The van der Waals surface area contributed by atoms with Crippen LogP contribution in [-0.2, 0) is 6.42 Å². The normalized spacial score (nSPS) is 24.1. The third kappa shape index (κ3) is 3.53. The van der Waals surface area contributed by atoms with Crippen molar-refractivity contribution in [1.29, 1.82) is 0 Å². The van der Waals surface area contributed by atoms with Crippen LogP contribution in [0.4, 0.5) is 0 Å². The van der Waals surface area contributed by atoms with Gasteiger partial charge < -0.3 is 5.32 Å². The summed E-state index contributed by atoms with van der Waals surface area (Å²) in [4.78, 5) is 6.81. The third-order valence-corrected chi connectivity index (χ3v) is 3.81. The van der Waals surface area contributed by atoms with Crippen LogP contribution in [0.5, 0.6) is 0 Å². The number of aromatic nitrogens is 1. The van der Waals surface area contributed by atoms with E-state index in [4.69, 9.17) is 0 Å². The van der Waals surface area contributed by atoms with Crippen LogP contribution in [0.2, 0.25) is 0 Å². The SMILES string of the molecule is CCC1CNC(C)(C)CN1CCc1cccnc1. The summed E-state index contributed by atoms with van der Waals surface area (Å²) in [6.07, 6.45) is 6.14. The molecule has 0 radical (unpaired) electrons. The minimum atomic E-state index is 0.237. The van der Waals surface area contributed by atoms with E-state index >= 15 is 0 Å². The fourth-order valence-electron chi connectivity index (χ4n) is 2.70. The van der Waals surface area contributed by atoms with E-state index in [1.54, 1.807) is 0 Å². The number of nitrogens with zero attached hydrogens (tertiary/aromatic N) is 2. The molecule has 100 valence electrons. The molecule has 1 atom stereocenters. The zero-order valence-electron chi connectivity index (χ0n) is 11.8. The second kappa shape index (κ2) is 5.81. The summed E-state index contributed by atoms with van der Waals surface area (Å²) < 4.78 is 0. The zero-order valence-corrected chi connectivity index (χ0v) is 11.8. The highest BCUT2D eigenvalue weighted by Crippen LogP contribution is 2.17. The molecule has 1 aromatic heterocycles. The van der Waals surface area contributed by atoms with Crippen LogP contribution in [0, 0.1) is 0 Å². The third-order valence-electron chi connectivity index (χ3n) is 3.81. The Morgan fingerprint density at radius 3 is 3.00 bits per heavy atom. The van der Waals surface area contributed by atoms with Gasteiger partial charge in [0.05, 0.1) is 0 Å². The minimum Gasteiger partial charge on any atom is -0.309 e. The zero-order chi connectivity index (χ0) is 13.0. The largest absolute Gasteiger partial charge is 0.309 e. The van der Waals surface area contributed by atoms with Crippen molar-refractivity contribution in [2.45, 2.75) is 45.2 Å². The van der Waals surface area contributed by atoms with Crippen molar-refractivity contribution in [3.8, 4) is 0 Å². The van der Waals surface area contributed by atoms with Crippen LogP contribution in [-0.4, -0.2) is 41.1 Å². The van der Waals surface area contributed by atoms with Crippen LogP contribution in [0.15, 0.2) is 24.5 Å². The molecule has 0 spiro atoms. The average molecular weight is 247 g/mol. The highest BCUT2D eigenvalue weighted by molar-refractivity contribution is 5.09. The first-order valence-electron chi connectivity index (χ1n) is 6.99. The maximum Gasteiger partial charge on any atom is 0.0300 e. The molecule has 1 aromatic rings. The average Bonchev–Trinajstić information content (AvgIpc) is 2.37. The van der Waals surface area contributed by atoms with Gasteiger partial charge in [-0.2, -0.15) is 0 Å². The molecular formula is C15H25N3. The molecule has 1 saturated heterocycles. The monoisotopic (exact) mass is 247 g/mol. The molecule has 0 saturated carbocycles. The van der Waals surface area contributed by atoms with Gasteiger partial charge in [-0.1, -0.05) is 13.0 Å². The van der Waals surface area contributed by atoms with E-state index in [2.05, 4.69) is 42.0 Å². The first-order valence-corrected chi connectivity index (χ1v) is 6.99. The van der Waals surface area contributed by atoms with Crippen LogP contribution in [0.3, 0.4) is 0 Å². The van der Waals surface area contributed by atoms with Crippen LogP contribution in [0.1, 0.15) is 32.8 Å². The summed E-state index contributed by atoms with van der Waals surface area (Å²) in [7, 11) is 0. The van der Waals surface area contributed by atoms with Gasteiger partial charge in [-0.25, -0.2) is 0 Å². The highest BCUT2D eigenvalue weighted by atomic mass is 15.2. The molecule has 1 aliphatic heterocycles. The van der Waals surface area contributed by atoms with Gasteiger partial charge in [0.25, 0.3) is 0 Å². The molecule has 0 aromatic carbocycles. The number of nitrogens with one attached hydrogen (secondary N) is 1. The molecule has 1 unspecified atom stereocenters. The standard InChI is InChI=1S/C15H25N3/c1-4-14-11-17-15(2,3)12-18(14)9-7-13-6-5-8-16-10-13/h5-6,8,10,14,17H,4,7,9,11-12H2,1-3H3. The van der Waals surface area contributed by atoms with Crippen molar-refractivity contribution in [2.24, 2.45) is 0 Å². The van der Waals surface area contributed by atoms with E-state index in [1.165, 1.54) is 12.0 Å². The predicted molar refractivity (Wildman–Crippen MR) is 75.7 cm³/mol. The van der Waals surface area contributed by atoms with Crippen molar-refractivity contribution in [3.05, 3.63) is 30.1 Å². The van der Waals surface area contributed by atoms with Crippen molar-refractivity contribution in [2.75, 3.05) is 19.6 Å². The quantitative estimate of drug-likeness (QED) is 0.883. The Balaban J connectivity index is 1.93. The maximum absolute atomic E-state index is 4.19. The first kappa shape index (κ1) is 13.5. The summed E-state index contributed by atoms with van der Waals surface area (Å²) >= 11 is 0. The number of hydrogen-bond donors (Lipinski definition) is 1. The van der Waals surface area contributed by atoms with Crippen molar-refractivity contribution >= 4 is 0 Å².